The number of halogens is 1. The van der Waals surface area contributed by atoms with Gasteiger partial charge in [-0.2, -0.15) is 0 Å². The summed E-state index contributed by atoms with van der Waals surface area (Å²) in [6, 6.07) is 14.3. The number of urea groups is 1. The Labute approximate surface area is 175 Å². The molecule has 0 saturated carbocycles. The van der Waals surface area contributed by atoms with Crippen LogP contribution in [0.2, 0.25) is 5.02 Å². The number of nitrogens with zero attached hydrogens (tertiary/aromatic N) is 2. The minimum Gasteiger partial charge on any atom is -0.326 e. The van der Waals surface area contributed by atoms with E-state index in [0.29, 0.717) is 28.9 Å². The molecule has 7 heteroatoms. The quantitative estimate of drug-likeness (QED) is 0.677. The van der Waals surface area contributed by atoms with Crippen LogP contribution in [-0.2, 0) is 9.59 Å². The topological polar surface area (TPSA) is 69.7 Å². The van der Waals surface area contributed by atoms with Crippen molar-refractivity contribution in [1.82, 2.24) is 4.90 Å². The van der Waals surface area contributed by atoms with Gasteiger partial charge in [-0.15, -0.1) is 0 Å². The highest BCUT2D eigenvalue weighted by molar-refractivity contribution is 6.30. The van der Waals surface area contributed by atoms with E-state index in [0.717, 1.165) is 6.42 Å². The van der Waals surface area contributed by atoms with E-state index in [9.17, 15) is 14.4 Å². The summed E-state index contributed by atoms with van der Waals surface area (Å²) >= 11 is 5.87. The second-order valence-electron chi connectivity index (χ2n) is 7.44. The van der Waals surface area contributed by atoms with Gasteiger partial charge in [0.1, 0.15) is 6.04 Å². The zero-order valence-electron chi connectivity index (χ0n) is 16.5. The van der Waals surface area contributed by atoms with Gasteiger partial charge in [0, 0.05) is 17.3 Å². The van der Waals surface area contributed by atoms with E-state index in [4.69, 9.17) is 11.6 Å². The minimum absolute atomic E-state index is 0.103. The molecule has 152 valence electrons. The summed E-state index contributed by atoms with van der Waals surface area (Å²) in [6.07, 6.45) is 0.644. The largest absolute Gasteiger partial charge is 0.332 e. The lowest BCUT2D eigenvalue weighted by Gasteiger charge is -2.22. The molecular formula is C22H24ClN3O3. The molecule has 1 aliphatic heterocycles. The molecule has 4 amide bonds. The minimum atomic E-state index is -0.825. The average molecular weight is 414 g/mol. The molecule has 1 atom stereocenters. The number of anilines is 2. The number of nitrogens with one attached hydrogen (secondary N) is 1. The number of benzene rings is 2. The summed E-state index contributed by atoms with van der Waals surface area (Å²) in [5.74, 6) is -0.341. The van der Waals surface area contributed by atoms with Crippen LogP contribution >= 0.6 is 11.6 Å². The third-order valence-electron chi connectivity index (χ3n) is 4.79. The van der Waals surface area contributed by atoms with Crippen molar-refractivity contribution in [3.05, 3.63) is 59.6 Å². The zero-order chi connectivity index (χ0) is 21.0. The van der Waals surface area contributed by atoms with Crippen LogP contribution in [0.15, 0.2) is 54.6 Å². The van der Waals surface area contributed by atoms with E-state index in [-0.39, 0.29) is 24.3 Å². The Balaban J connectivity index is 1.79. The van der Waals surface area contributed by atoms with Crippen molar-refractivity contribution in [2.24, 2.45) is 5.92 Å². The predicted molar refractivity (Wildman–Crippen MR) is 114 cm³/mol. The molecule has 2 aromatic rings. The van der Waals surface area contributed by atoms with Crippen molar-refractivity contribution in [2.45, 2.75) is 32.7 Å². The van der Waals surface area contributed by atoms with Crippen molar-refractivity contribution in [3.63, 3.8) is 0 Å². The highest BCUT2D eigenvalue weighted by Crippen LogP contribution is 2.27. The third-order valence-corrected chi connectivity index (χ3v) is 5.04. The number of rotatable bonds is 7. The Morgan fingerprint density at radius 1 is 1.07 bits per heavy atom. The zero-order valence-corrected chi connectivity index (χ0v) is 17.2. The normalized spacial score (nSPS) is 16.6. The summed E-state index contributed by atoms with van der Waals surface area (Å²) in [4.78, 5) is 41.3. The molecule has 1 heterocycles. The van der Waals surface area contributed by atoms with Gasteiger partial charge in [-0.1, -0.05) is 43.6 Å². The molecule has 0 aromatic heterocycles. The Morgan fingerprint density at radius 2 is 1.72 bits per heavy atom. The first-order valence-electron chi connectivity index (χ1n) is 9.62. The second-order valence-corrected chi connectivity index (χ2v) is 7.88. The van der Waals surface area contributed by atoms with Crippen molar-refractivity contribution < 1.29 is 14.4 Å². The molecule has 1 aliphatic rings. The first-order valence-corrected chi connectivity index (χ1v) is 9.99. The summed E-state index contributed by atoms with van der Waals surface area (Å²) in [7, 11) is 0. The van der Waals surface area contributed by atoms with Gasteiger partial charge < -0.3 is 10.2 Å². The maximum absolute atomic E-state index is 13.1. The summed E-state index contributed by atoms with van der Waals surface area (Å²) in [5, 5.41) is 3.33. The van der Waals surface area contributed by atoms with Crippen molar-refractivity contribution in [2.75, 3.05) is 16.8 Å². The Morgan fingerprint density at radius 3 is 2.34 bits per heavy atom. The van der Waals surface area contributed by atoms with E-state index in [1.165, 1.54) is 9.80 Å². The fraction of sp³-hybridized carbons (Fsp3) is 0.318. The van der Waals surface area contributed by atoms with Gasteiger partial charge in [0.25, 0.3) is 5.91 Å². The van der Waals surface area contributed by atoms with Crippen LogP contribution in [0.3, 0.4) is 0 Å². The van der Waals surface area contributed by atoms with Gasteiger partial charge >= 0.3 is 6.03 Å². The van der Waals surface area contributed by atoms with E-state index >= 15 is 0 Å². The number of hydrogen-bond donors (Lipinski definition) is 1. The van der Waals surface area contributed by atoms with Crippen molar-refractivity contribution in [3.8, 4) is 0 Å². The number of carbonyl (C=O) groups excluding carboxylic acids is 3. The first-order chi connectivity index (χ1) is 13.9. The number of imide groups is 1. The number of amides is 4. The Bertz CT molecular complexity index is 884. The summed E-state index contributed by atoms with van der Waals surface area (Å²) in [5.41, 5.74) is 1.10. The van der Waals surface area contributed by atoms with Gasteiger partial charge in [-0.05, 0) is 48.7 Å². The van der Waals surface area contributed by atoms with Crippen LogP contribution in [-0.4, -0.2) is 35.3 Å². The number of para-hydroxylation sites is 1. The van der Waals surface area contributed by atoms with Crippen molar-refractivity contribution in [1.29, 1.82) is 0 Å². The van der Waals surface area contributed by atoms with Crippen LogP contribution in [0.25, 0.3) is 0 Å². The molecule has 2 aromatic carbocycles. The average Bonchev–Trinajstić information content (AvgIpc) is 2.92. The molecule has 1 fully saturated rings. The summed E-state index contributed by atoms with van der Waals surface area (Å²) in [6.45, 7) is 4.53. The fourth-order valence-corrected chi connectivity index (χ4v) is 3.35. The van der Waals surface area contributed by atoms with E-state index < -0.39 is 6.04 Å². The number of carbonyl (C=O) groups is 3. The lowest BCUT2D eigenvalue weighted by Crippen LogP contribution is -2.39. The molecular weight excluding hydrogens is 390 g/mol. The monoisotopic (exact) mass is 413 g/mol. The van der Waals surface area contributed by atoms with Gasteiger partial charge in [-0.25, -0.2) is 9.69 Å². The molecule has 0 bridgehead atoms. The second kappa shape index (κ2) is 9.09. The molecule has 0 spiro atoms. The highest BCUT2D eigenvalue weighted by Gasteiger charge is 2.46. The smallest absolute Gasteiger partial charge is 0.326 e. The van der Waals surface area contributed by atoms with Crippen LogP contribution in [0, 0.1) is 5.92 Å². The van der Waals surface area contributed by atoms with Crippen LogP contribution in [0.4, 0.5) is 16.2 Å². The summed E-state index contributed by atoms with van der Waals surface area (Å²) < 4.78 is 0. The van der Waals surface area contributed by atoms with Gasteiger partial charge in [0.05, 0.1) is 12.1 Å². The predicted octanol–water partition coefficient (Wildman–Crippen LogP) is 4.55. The standard InChI is InChI=1S/C22H24ClN3O3/c1-15(2)12-13-25-19(14-20(27)24-17-10-8-16(23)9-11-17)21(28)26(22(25)29)18-6-4-3-5-7-18/h3-11,15,19H,12-14H2,1-2H3,(H,24,27)/t19-/m1/s1. The maximum atomic E-state index is 13.1. The molecule has 6 nitrogen and oxygen atoms in total. The molecule has 0 radical (unpaired) electrons. The molecule has 1 N–H and O–H groups in total. The van der Waals surface area contributed by atoms with Crippen LogP contribution in [0.1, 0.15) is 26.7 Å². The Kier molecular flexibility index (Phi) is 6.54. The van der Waals surface area contributed by atoms with Gasteiger partial charge in [-0.3, -0.25) is 9.59 Å². The van der Waals surface area contributed by atoms with Crippen LogP contribution < -0.4 is 10.2 Å². The van der Waals surface area contributed by atoms with E-state index in [1.807, 2.05) is 6.07 Å². The number of hydrogen-bond acceptors (Lipinski definition) is 3. The van der Waals surface area contributed by atoms with E-state index in [2.05, 4.69) is 19.2 Å². The molecule has 1 saturated heterocycles. The molecule has 0 aliphatic carbocycles. The molecule has 3 rings (SSSR count). The fourth-order valence-electron chi connectivity index (χ4n) is 3.22. The SMILES string of the molecule is CC(C)CCN1C(=O)N(c2ccccc2)C(=O)[C@H]1CC(=O)Nc1ccc(Cl)cc1. The van der Waals surface area contributed by atoms with E-state index in [1.54, 1.807) is 48.5 Å². The van der Waals surface area contributed by atoms with Gasteiger partial charge in [0.2, 0.25) is 5.91 Å². The molecule has 29 heavy (non-hydrogen) atoms. The lowest BCUT2D eigenvalue weighted by molar-refractivity contribution is -0.124. The highest BCUT2D eigenvalue weighted by atomic mass is 35.5. The lowest BCUT2D eigenvalue weighted by atomic mass is 10.1. The van der Waals surface area contributed by atoms with Crippen molar-refractivity contribution >= 4 is 40.8 Å². The van der Waals surface area contributed by atoms with Gasteiger partial charge in [0.15, 0.2) is 0 Å². The maximum Gasteiger partial charge on any atom is 0.332 e. The Hall–Kier alpha value is -2.86. The third kappa shape index (κ3) is 4.95. The first kappa shape index (κ1) is 20.9. The van der Waals surface area contributed by atoms with Crippen LogP contribution in [0.5, 0.6) is 0 Å². The molecule has 0 unspecified atom stereocenters.